The lowest BCUT2D eigenvalue weighted by Crippen LogP contribution is -2.41. The zero-order valence-electron chi connectivity index (χ0n) is 5.82. The fraction of sp³-hybridized carbons (Fsp3) is 1.00. The number of alkyl halides is 2. The van der Waals surface area contributed by atoms with Gasteiger partial charge in [-0.2, -0.15) is 0 Å². The van der Waals surface area contributed by atoms with E-state index in [9.17, 15) is 8.78 Å². The summed E-state index contributed by atoms with van der Waals surface area (Å²) in [4.78, 5) is 0. The lowest BCUT2D eigenvalue weighted by Gasteiger charge is -2.38. The molecule has 1 rings (SSSR count). The van der Waals surface area contributed by atoms with E-state index in [0.29, 0.717) is 6.42 Å². The van der Waals surface area contributed by atoms with Gasteiger partial charge in [-0.25, -0.2) is 8.78 Å². The van der Waals surface area contributed by atoms with Gasteiger partial charge in [-0.15, -0.1) is 0 Å². The second-order valence-corrected chi connectivity index (χ2v) is 3.15. The highest BCUT2D eigenvalue weighted by molar-refractivity contribution is 4.89. The summed E-state index contributed by atoms with van der Waals surface area (Å²) in [5.41, 5.74) is 0. The van der Waals surface area contributed by atoms with Crippen LogP contribution in [0.5, 0.6) is 0 Å². The SMILES string of the molecule is CC(C)[C@H]1CCC1(F)F. The molecule has 1 fully saturated rings. The van der Waals surface area contributed by atoms with Crippen LogP contribution in [0.4, 0.5) is 8.78 Å². The van der Waals surface area contributed by atoms with Crippen LogP contribution >= 0.6 is 0 Å². The van der Waals surface area contributed by atoms with Crippen LogP contribution in [0.15, 0.2) is 0 Å². The minimum absolute atomic E-state index is 0.107. The van der Waals surface area contributed by atoms with Crippen molar-refractivity contribution in [1.29, 1.82) is 0 Å². The van der Waals surface area contributed by atoms with E-state index in [4.69, 9.17) is 0 Å². The molecular formula is C7H12F2. The van der Waals surface area contributed by atoms with E-state index < -0.39 is 5.92 Å². The second kappa shape index (κ2) is 1.93. The molecule has 1 saturated carbocycles. The monoisotopic (exact) mass is 134 g/mol. The van der Waals surface area contributed by atoms with Crippen LogP contribution < -0.4 is 0 Å². The maximum atomic E-state index is 12.5. The molecule has 54 valence electrons. The van der Waals surface area contributed by atoms with Crippen LogP contribution in [-0.4, -0.2) is 5.92 Å². The first kappa shape index (κ1) is 6.97. The first-order valence-electron chi connectivity index (χ1n) is 3.42. The Bertz CT molecular complexity index is 107. The molecule has 0 spiro atoms. The van der Waals surface area contributed by atoms with E-state index in [2.05, 4.69) is 0 Å². The van der Waals surface area contributed by atoms with Crippen LogP contribution in [0, 0.1) is 11.8 Å². The van der Waals surface area contributed by atoms with Gasteiger partial charge in [0.05, 0.1) is 0 Å². The molecule has 1 aliphatic carbocycles. The predicted molar refractivity (Wildman–Crippen MR) is 32.5 cm³/mol. The Kier molecular flexibility index (Phi) is 1.49. The highest BCUT2D eigenvalue weighted by atomic mass is 19.3. The third-order valence-corrected chi connectivity index (χ3v) is 2.14. The maximum Gasteiger partial charge on any atom is 0.251 e. The van der Waals surface area contributed by atoms with Crippen LogP contribution in [0.1, 0.15) is 26.7 Å². The molecule has 0 saturated heterocycles. The van der Waals surface area contributed by atoms with Crippen molar-refractivity contribution in [1.82, 2.24) is 0 Å². The molecule has 9 heavy (non-hydrogen) atoms. The molecular weight excluding hydrogens is 122 g/mol. The molecule has 0 aromatic rings. The van der Waals surface area contributed by atoms with E-state index in [0.717, 1.165) is 0 Å². The Labute approximate surface area is 54.3 Å². The quantitative estimate of drug-likeness (QED) is 0.517. The second-order valence-electron chi connectivity index (χ2n) is 3.15. The minimum atomic E-state index is -2.34. The summed E-state index contributed by atoms with van der Waals surface area (Å²) in [6.45, 7) is 3.72. The van der Waals surface area contributed by atoms with Crippen LogP contribution in [0.25, 0.3) is 0 Å². The highest BCUT2D eigenvalue weighted by Crippen LogP contribution is 2.47. The van der Waals surface area contributed by atoms with E-state index in [1.165, 1.54) is 0 Å². The standard InChI is InChI=1S/C7H12F2/c1-5(2)6-3-4-7(6,8)9/h5-6H,3-4H2,1-2H3/t6-/m1/s1. The molecule has 0 radical (unpaired) electrons. The largest absolute Gasteiger partial charge is 0.251 e. The normalized spacial score (nSPS) is 32.3. The minimum Gasteiger partial charge on any atom is -0.207 e. The summed E-state index contributed by atoms with van der Waals surface area (Å²) in [6.07, 6.45) is 0.820. The number of hydrogen-bond donors (Lipinski definition) is 0. The van der Waals surface area contributed by atoms with Gasteiger partial charge in [-0.3, -0.25) is 0 Å². The Morgan fingerprint density at radius 3 is 2.00 bits per heavy atom. The molecule has 0 aromatic heterocycles. The van der Waals surface area contributed by atoms with Crippen molar-refractivity contribution in [2.24, 2.45) is 11.8 Å². The zero-order chi connectivity index (χ0) is 7.07. The number of halogens is 2. The average molecular weight is 134 g/mol. The van der Waals surface area contributed by atoms with Gasteiger partial charge < -0.3 is 0 Å². The molecule has 1 aliphatic rings. The zero-order valence-corrected chi connectivity index (χ0v) is 5.82. The summed E-state index contributed by atoms with van der Waals surface area (Å²) < 4.78 is 24.9. The van der Waals surface area contributed by atoms with Crippen molar-refractivity contribution in [3.8, 4) is 0 Å². The van der Waals surface area contributed by atoms with Gasteiger partial charge >= 0.3 is 0 Å². The lowest BCUT2D eigenvalue weighted by atomic mass is 9.74. The lowest BCUT2D eigenvalue weighted by molar-refractivity contribution is -0.148. The van der Waals surface area contributed by atoms with Gasteiger partial charge in [0.25, 0.3) is 5.92 Å². The van der Waals surface area contributed by atoms with Gasteiger partial charge in [0.2, 0.25) is 0 Å². The van der Waals surface area contributed by atoms with Gasteiger partial charge in [0.15, 0.2) is 0 Å². The molecule has 0 heterocycles. The van der Waals surface area contributed by atoms with Crippen LogP contribution in [0.3, 0.4) is 0 Å². The van der Waals surface area contributed by atoms with E-state index in [1.54, 1.807) is 0 Å². The van der Waals surface area contributed by atoms with Crippen LogP contribution in [-0.2, 0) is 0 Å². The third-order valence-electron chi connectivity index (χ3n) is 2.14. The smallest absolute Gasteiger partial charge is 0.207 e. The van der Waals surface area contributed by atoms with Gasteiger partial charge in [0.1, 0.15) is 0 Å². The Morgan fingerprint density at radius 2 is 2.00 bits per heavy atom. The van der Waals surface area contributed by atoms with Crippen molar-refractivity contribution in [3.63, 3.8) is 0 Å². The van der Waals surface area contributed by atoms with Gasteiger partial charge in [-0.1, -0.05) is 13.8 Å². The van der Waals surface area contributed by atoms with Crippen molar-refractivity contribution in [2.45, 2.75) is 32.6 Å². The van der Waals surface area contributed by atoms with Gasteiger partial charge in [-0.05, 0) is 12.3 Å². The van der Waals surface area contributed by atoms with E-state index in [-0.39, 0.29) is 18.3 Å². The highest BCUT2D eigenvalue weighted by Gasteiger charge is 2.49. The Balaban J connectivity index is 2.45. The molecule has 0 nitrogen and oxygen atoms in total. The number of hydrogen-bond acceptors (Lipinski definition) is 0. The van der Waals surface area contributed by atoms with Crippen LogP contribution in [0.2, 0.25) is 0 Å². The average Bonchev–Trinajstić information content (AvgIpc) is 1.62. The molecule has 0 unspecified atom stereocenters. The van der Waals surface area contributed by atoms with Crippen molar-refractivity contribution >= 4 is 0 Å². The van der Waals surface area contributed by atoms with Crippen molar-refractivity contribution < 1.29 is 8.78 Å². The fourth-order valence-electron chi connectivity index (χ4n) is 1.35. The molecule has 1 atom stereocenters. The first-order valence-corrected chi connectivity index (χ1v) is 3.42. The topological polar surface area (TPSA) is 0 Å². The summed E-state index contributed by atoms with van der Waals surface area (Å²) in [5, 5.41) is 0. The van der Waals surface area contributed by atoms with Crippen molar-refractivity contribution in [3.05, 3.63) is 0 Å². The summed E-state index contributed by atoms with van der Waals surface area (Å²) in [5.74, 6) is -2.53. The molecule has 0 N–H and O–H groups in total. The maximum absolute atomic E-state index is 12.5. The predicted octanol–water partition coefficient (Wildman–Crippen LogP) is 2.69. The van der Waals surface area contributed by atoms with Gasteiger partial charge in [0, 0.05) is 12.3 Å². The Hall–Kier alpha value is -0.140. The summed E-state index contributed by atoms with van der Waals surface area (Å²) >= 11 is 0. The fourth-order valence-corrected chi connectivity index (χ4v) is 1.35. The number of rotatable bonds is 1. The third kappa shape index (κ3) is 1.07. The van der Waals surface area contributed by atoms with Crippen molar-refractivity contribution in [2.75, 3.05) is 0 Å². The van der Waals surface area contributed by atoms with E-state index in [1.807, 2.05) is 13.8 Å². The molecule has 0 aromatic carbocycles. The van der Waals surface area contributed by atoms with E-state index >= 15 is 0 Å². The molecule has 0 aliphatic heterocycles. The molecule has 0 bridgehead atoms. The molecule has 2 heteroatoms. The summed E-state index contributed by atoms with van der Waals surface area (Å²) in [7, 11) is 0. The molecule has 0 amide bonds. The summed E-state index contributed by atoms with van der Waals surface area (Å²) in [6, 6.07) is 0. The Morgan fingerprint density at radius 1 is 1.44 bits per heavy atom. The first-order chi connectivity index (χ1) is 4.04.